The second-order valence-corrected chi connectivity index (χ2v) is 7.56. The molecular weight excluding hydrogens is 393 g/mol. The Labute approximate surface area is 152 Å². The summed E-state index contributed by atoms with van der Waals surface area (Å²) < 4.78 is 66.1. The van der Waals surface area contributed by atoms with Gasteiger partial charge in [-0.05, 0) is 6.42 Å². The summed E-state index contributed by atoms with van der Waals surface area (Å²) in [5, 5.41) is 1.77. The first-order valence-electron chi connectivity index (χ1n) is 7.74. The quantitative estimate of drug-likeness (QED) is 0.472. The van der Waals surface area contributed by atoms with Crippen molar-refractivity contribution in [1.82, 2.24) is 19.5 Å². The van der Waals surface area contributed by atoms with Crippen LogP contribution < -0.4 is 10.0 Å². The van der Waals surface area contributed by atoms with Gasteiger partial charge in [-0.1, -0.05) is 0 Å². The number of rotatable bonds is 6. The van der Waals surface area contributed by atoms with Gasteiger partial charge in [-0.25, -0.2) is 26.3 Å². The number of likely N-dealkylation sites (tertiary alicyclic amines) is 1. The van der Waals surface area contributed by atoms with E-state index in [4.69, 9.17) is 0 Å². The molecule has 13 heteroatoms. The number of nitrogens with one attached hydrogen (secondary N) is 2. The van der Waals surface area contributed by atoms with Crippen molar-refractivity contribution < 1.29 is 36.0 Å². The van der Waals surface area contributed by atoms with Crippen molar-refractivity contribution in [2.75, 3.05) is 19.6 Å². The van der Waals surface area contributed by atoms with Crippen LogP contribution in [0.5, 0.6) is 0 Å². The Kier molecular flexibility index (Phi) is 6.26. The van der Waals surface area contributed by atoms with Gasteiger partial charge in [0.05, 0.1) is 6.54 Å². The molecule has 2 amide bonds. The van der Waals surface area contributed by atoms with Gasteiger partial charge in [-0.15, -0.1) is 0 Å². The molecule has 1 unspecified atom stereocenters. The minimum Gasteiger partial charge on any atom is -0.345 e. The van der Waals surface area contributed by atoms with Gasteiger partial charge >= 0.3 is 11.8 Å². The highest BCUT2D eigenvalue weighted by Crippen LogP contribution is 2.20. The predicted molar refractivity (Wildman–Crippen MR) is 85.1 cm³/mol. The lowest BCUT2D eigenvalue weighted by Crippen LogP contribution is -2.45. The number of halogens is 3. The molecule has 1 aromatic heterocycles. The third-order valence-corrected chi connectivity index (χ3v) is 5.45. The highest BCUT2D eigenvalue weighted by molar-refractivity contribution is 7.89. The van der Waals surface area contributed by atoms with Crippen molar-refractivity contribution >= 4 is 28.1 Å². The molecule has 0 aliphatic carbocycles. The number of hydrogen-bond acceptors (Lipinski definition) is 5. The summed E-state index contributed by atoms with van der Waals surface area (Å²) in [5.74, 6) is -3.48. The summed E-state index contributed by atoms with van der Waals surface area (Å²) in [5.41, 5.74) is -0.436. The highest BCUT2D eigenvalue weighted by atomic mass is 32.2. The van der Waals surface area contributed by atoms with Crippen LogP contribution in [0.25, 0.3) is 0 Å². The number of sulfonamides is 1. The molecule has 1 saturated heterocycles. The maximum atomic E-state index is 14.1. The third-order valence-electron chi connectivity index (χ3n) is 3.94. The number of carbonyl (C=O) groups is 3. The third kappa shape index (κ3) is 4.66. The minimum atomic E-state index is -4.32. The minimum absolute atomic E-state index is 0.0188. The van der Waals surface area contributed by atoms with E-state index in [-0.39, 0.29) is 25.8 Å². The lowest BCUT2D eigenvalue weighted by Gasteiger charge is -2.16. The molecule has 2 N–H and O–H groups in total. The van der Waals surface area contributed by atoms with Crippen LogP contribution in [0.2, 0.25) is 0 Å². The Morgan fingerprint density at radius 2 is 2.07 bits per heavy atom. The number of aromatic nitrogens is 1. The molecule has 1 aromatic rings. The molecule has 150 valence electrons. The maximum absolute atomic E-state index is 14.1. The van der Waals surface area contributed by atoms with E-state index >= 15 is 0 Å². The lowest BCUT2D eigenvalue weighted by molar-refractivity contribution is -0.145. The van der Waals surface area contributed by atoms with Crippen LogP contribution in [0, 0.1) is 5.82 Å². The number of nitrogens with zero attached hydrogens (tertiary/aromatic N) is 2. The second-order valence-electron chi connectivity index (χ2n) is 5.88. The summed E-state index contributed by atoms with van der Waals surface area (Å²) >= 11 is 0. The average molecular weight is 410 g/mol. The zero-order valence-corrected chi connectivity index (χ0v) is 14.9. The highest BCUT2D eigenvalue weighted by Gasteiger charge is 2.34. The van der Waals surface area contributed by atoms with E-state index in [1.807, 2.05) is 0 Å². The number of amides is 2. The largest absolute Gasteiger partial charge is 0.345 e. The van der Waals surface area contributed by atoms with Crippen LogP contribution >= 0.6 is 0 Å². The van der Waals surface area contributed by atoms with Crippen LogP contribution in [0.1, 0.15) is 16.9 Å². The maximum Gasteiger partial charge on any atom is 0.311 e. The van der Waals surface area contributed by atoms with Crippen molar-refractivity contribution in [2.45, 2.75) is 23.8 Å². The molecule has 1 atom stereocenters. The van der Waals surface area contributed by atoms with Crippen LogP contribution in [0.4, 0.5) is 13.2 Å². The van der Waals surface area contributed by atoms with Crippen molar-refractivity contribution in [3.8, 4) is 0 Å². The van der Waals surface area contributed by atoms with E-state index in [0.29, 0.717) is 0 Å². The van der Waals surface area contributed by atoms with Gasteiger partial charge in [-0.3, -0.25) is 14.4 Å². The topological polar surface area (TPSA) is 118 Å². The molecule has 1 aliphatic rings. The first-order valence-corrected chi connectivity index (χ1v) is 9.22. The van der Waals surface area contributed by atoms with Crippen molar-refractivity contribution in [1.29, 1.82) is 0 Å². The first-order chi connectivity index (χ1) is 12.6. The molecule has 2 rings (SSSR count). The van der Waals surface area contributed by atoms with Gasteiger partial charge in [0.2, 0.25) is 10.0 Å². The molecule has 0 saturated carbocycles. The summed E-state index contributed by atoms with van der Waals surface area (Å²) in [6.07, 6.45) is -1.54. The van der Waals surface area contributed by atoms with Gasteiger partial charge in [0.1, 0.15) is 10.6 Å². The lowest BCUT2D eigenvalue weighted by atomic mass is 10.3. The number of alkyl halides is 2. The SMILES string of the molecule is Cn1cc(S(=O)(=O)NC2CCN(C(=O)C(=O)NCC(F)F)C2)c(F)c1C=O. The molecule has 0 bridgehead atoms. The summed E-state index contributed by atoms with van der Waals surface area (Å²) in [7, 11) is -3.01. The molecule has 1 fully saturated rings. The number of carbonyl (C=O) groups excluding carboxylic acids is 3. The molecule has 9 nitrogen and oxygen atoms in total. The monoisotopic (exact) mass is 410 g/mol. The Hall–Kier alpha value is -2.41. The van der Waals surface area contributed by atoms with Crippen LogP contribution in [0.15, 0.2) is 11.1 Å². The van der Waals surface area contributed by atoms with Crippen molar-refractivity contribution in [2.24, 2.45) is 7.05 Å². The Morgan fingerprint density at radius 1 is 1.41 bits per heavy atom. The molecule has 0 aromatic carbocycles. The zero-order chi connectivity index (χ0) is 20.4. The van der Waals surface area contributed by atoms with Crippen LogP contribution in [0.3, 0.4) is 0 Å². The van der Waals surface area contributed by atoms with Gasteiger partial charge < -0.3 is 14.8 Å². The van der Waals surface area contributed by atoms with Gasteiger partial charge in [-0.2, -0.15) is 0 Å². The van der Waals surface area contributed by atoms with Crippen molar-refractivity contribution in [3.05, 3.63) is 17.7 Å². The second kappa shape index (κ2) is 8.08. The van der Waals surface area contributed by atoms with E-state index in [9.17, 15) is 36.0 Å². The number of aryl methyl sites for hydroxylation is 1. The van der Waals surface area contributed by atoms with Gasteiger partial charge in [0, 0.05) is 32.4 Å². The zero-order valence-electron chi connectivity index (χ0n) is 14.1. The number of hydrogen-bond donors (Lipinski definition) is 2. The van der Waals surface area contributed by atoms with E-state index in [0.717, 1.165) is 15.7 Å². The molecule has 2 heterocycles. The fourth-order valence-electron chi connectivity index (χ4n) is 2.62. The normalized spacial score (nSPS) is 17.4. The summed E-state index contributed by atoms with van der Waals surface area (Å²) in [6, 6.07) is -0.805. The van der Waals surface area contributed by atoms with Gasteiger partial charge in [0.15, 0.2) is 12.1 Å². The van der Waals surface area contributed by atoms with E-state index in [1.165, 1.54) is 7.05 Å². The Bertz CT molecular complexity index is 855. The average Bonchev–Trinajstić information content (AvgIpc) is 3.15. The van der Waals surface area contributed by atoms with E-state index in [1.54, 1.807) is 5.32 Å². The predicted octanol–water partition coefficient (Wildman–Crippen LogP) is -0.763. The van der Waals surface area contributed by atoms with E-state index < -0.39 is 57.3 Å². The van der Waals surface area contributed by atoms with Crippen LogP contribution in [-0.4, -0.2) is 68.1 Å². The fourth-order valence-corrected chi connectivity index (χ4v) is 4.01. The fraction of sp³-hybridized carbons (Fsp3) is 0.500. The molecule has 27 heavy (non-hydrogen) atoms. The Balaban J connectivity index is 2.02. The first kappa shape index (κ1) is 20.9. The molecule has 0 radical (unpaired) electrons. The molecule has 1 aliphatic heterocycles. The van der Waals surface area contributed by atoms with Gasteiger partial charge in [0.25, 0.3) is 6.43 Å². The Morgan fingerprint density at radius 3 is 2.63 bits per heavy atom. The number of aldehydes is 1. The van der Waals surface area contributed by atoms with Crippen LogP contribution in [-0.2, 0) is 26.7 Å². The summed E-state index contributed by atoms with van der Waals surface area (Å²) in [6.45, 7) is -1.14. The standard InChI is InChI=1S/C14H17F3N4O5S/c1-20-6-10(12(17)9(20)7-22)27(25,26)19-8-2-3-21(5-8)14(24)13(23)18-4-11(15)16/h6-8,11,19H,2-5H2,1H3,(H,18,23). The summed E-state index contributed by atoms with van der Waals surface area (Å²) in [4.78, 5) is 34.5. The smallest absolute Gasteiger partial charge is 0.311 e. The molecular formula is C14H17F3N4O5S. The van der Waals surface area contributed by atoms with E-state index in [2.05, 4.69) is 4.72 Å². The molecule has 0 spiro atoms. The van der Waals surface area contributed by atoms with Crippen molar-refractivity contribution in [3.63, 3.8) is 0 Å².